The number of para-hydroxylation sites is 1. The Bertz CT molecular complexity index is 1420. The maximum Gasteiger partial charge on any atom is 0.256 e. The number of hydrogen-bond donors (Lipinski definition) is 3. The summed E-state index contributed by atoms with van der Waals surface area (Å²) in [6.45, 7) is 0.388. The monoisotopic (exact) mass is 454 g/mol. The van der Waals surface area contributed by atoms with Crippen LogP contribution in [0.25, 0.3) is 22.2 Å². The third-order valence-electron chi connectivity index (χ3n) is 6.61. The molecule has 3 N–H and O–H groups in total. The lowest BCUT2D eigenvalue weighted by molar-refractivity contribution is -0.123. The van der Waals surface area contributed by atoms with Crippen molar-refractivity contribution < 1.29 is 18.8 Å². The Balaban J connectivity index is 1.22. The highest BCUT2D eigenvalue weighted by Gasteiger charge is 2.45. The van der Waals surface area contributed by atoms with Gasteiger partial charge in [-0.2, -0.15) is 0 Å². The molecule has 0 radical (unpaired) electrons. The summed E-state index contributed by atoms with van der Waals surface area (Å²) in [5.74, 6) is -0.0711. The quantitative estimate of drug-likeness (QED) is 0.440. The van der Waals surface area contributed by atoms with Crippen LogP contribution in [-0.2, 0) is 16.0 Å². The number of hydrogen-bond acceptors (Lipinski definition) is 4. The molecule has 170 valence electrons. The van der Waals surface area contributed by atoms with Crippen molar-refractivity contribution in [3.63, 3.8) is 0 Å². The molecular weight excluding hydrogens is 432 g/mol. The van der Waals surface area contributed by atoms with Gasteiger partial charge in [0.1, 0.15) is 11.8 Å². The van der Waals surface area contributed by atoms with Crippen molar-refractivity contribution in [3.8, 4) is 11.3 Å². The fourth-order valence-electron chi connectivity index (χ4n) is 4.99. The molecule has 4 heterocycles. The van der Waals surface area contributed by atoms with Crippen LogP contribution in [0.3, 0.4) is 0 Å². The van der Waals surface area contributed by atoms with Crippen LogP contribution in [0, 0.1) is 0 Å². The number of anilines is 1. The van der Waals surface area contributed by atoms with Gasteiger partial charge in [0.2, 0.25) is 11.8 Å². The number of aromatic nitrogens is 1. The van der Waals surface area contributed by atoms with Gasteiger partial charge in [0.05, 0.1) is 30.0 Å². The summed E-state index contributed by atoms with van der Waals surface area (Å²) < 4.78 is 5.45. The van der Waals surface area contributed by atoms with E-state index in [0.717, 1.165) is 22.0 Å². The zero-order valence-electron chi connectivity index (χ0n) is 18.2. The van der Waals surface area contributed by atoms with E-state index in [4.69, 9.17) is 4.42 Å². The molecule has 3 amide bonds. The summed E-state index contributed by atoms with van der Waals surface area (Å²) in [5, 5.41) is 6.88. The lowest BCUT2D eigenvalue weighted by atomic mass is 10.1. The molecule has 0 aliphatic carbocycles. The molecule has 8 nitrogen and oxygen atoms in total. The van der Waals surface area contributed by atoms with Gasteiger partial charge in [-0.05, 0) is 48.4 Å². The minimum atomic E-state index is -0.765. The van der Waals surface area contributed by atoms with Crippen LogP contribution in [-0.4, -0.2) is 46.2 Å². The topological polar surface area (TPSA) is 107 Å². The molecule has 2 unspecified atom stereocenters. The molecule has 2 aromatic carbocycles. The second-order valence-electron chi connectivity index (χ2n) is 8.67. The molecule has 2 aliphatic rings. The Hall–Kier alpha value is -4.33. The number of aromatic amines is 1. The molecule has 34 heavy (non-hydrogen) atoms. The summed E-state index contributed by atoms with van der Waals surface area (Å²) >= 11 is 0. The van der Waals surface area contributed by atoms with E-state index in [1.165, 1.54) is 0 Å². The number of nitrogens with zero attached hydrogens (tertiary/aromatic N) is 1. The second-order valence-corrected chi connectivity index (χ2v) is 8.67. The van der Waals surface area contributed by atoms with E-state index in [1.807, 2.05) is 42.6 Å². The fourth-order valence-corrected chi connectivity index (χ4v) is 4.99. The first-order valence-corrected chi connectivity index (χ1v) is 11.2. The third kappa shape index (κ3) is 3.35. The van der Waals surface area contributed by atoms with Crippen molar-refractivity contribution in [3.05, 3.63) is 78.2 Å². The van der Waals surface area contributed by atoms with Crippen LogP contribution >= 0.6 is 0 Å². The molecule has 0 saturated carbocycles. The Labute approximate surface area is 194 Å². The summed E-state index contributed by atoms with van der Waals surface area (Å²) in [6.07, 6.45) is 4.11. The van der Waals surface area contributed by atoms with Gasteiger partial charge in [-0.1, -0.05) is 18.2 Å². The van der Waals surface area contributed by atoms with Crippen molar-refractivity contribution in [2.24, 2.45) is 0 Å². The van der Waals surface area contributed by atoms with Gasteiger partial charge < -0.3 is 24.9 Å². The second kappa shape index (κ2) is 7.91. The highest BCUT2D eigenvalue weighted by Crippen LogP contribution is 2.32. The highest BCUT2D eigenvalue weighted by atomic mass is 16.3. The lowest BCUT2D eigenvalue weighted by Gasteiger charge is -2.25. The zero-order chi connectivity index (χ0) is 23.2. The van der Waals surface area contributed by atoms with Crippen LogP contribution in [0.2, 0.25) is 0 Å². The van der Waals surface area contributed by atoms with Crippen molar-refractivity contribution in [1.82, 2.24) is 15.2 Å². The number of fused-ring (bicyclic) bond motifs is 3. The Morgan fingerprint density at radius 2 is 2.00 bits per heavy atom. The van der Waals surface area contributed by atoms with E-state index in [2.05, 4.69) is 15.6 Å². The number of amides is 3. The van der Waals surface area contributed by atoms with Crippen LogP contribution in [0.15, 0.2) is 71.5 Å². The maximum absolute atomic E-state index is 13.4. The molecule has 8 heteroatoms. The van der Waals surface area contributed by atoms with Gasteiger partial charge in [-0.3, -0.25) is 14.4 Å². The number of H-pyrrole nitrogens is 1. The Kier molecular flexibility index (Phi) is 4.72. The highest BCUT2D eigenvalue weighted by molar-refractivity contribution is 6.11. The molecule has 0 bridgehead atoms. The molecule has 4 aromatic rings. The average Bonchev–Trinajstić information content (AvgIpc) is 3.58. The molecule has 0 spiro atoms. The van der Waals surface area contributed by atoms with Crippen molar-refractivity contribution in [2.75, 3.05) is 11.9 Å². The predicted molar refractivity (Wildman–Crippen MR) is 126 cm³/mol. The average molecular weight is 454 g/mol. The lowest BCUT2D eigenvalue weighted by Crippen LogP contribution is -2.51. The van der Waals surface area contributed by atoms with Gasteiger partial charge in [-0.25, -0.2) is 0 Å². The molecule has 6 rings (SSSR count). The first-order chi connectivity index (χ1) is 16.6. The summed E-state index contributed by atoms with van der Waals surface area (Å²) in [4.78, 5) is 44.1. The number of furan rings is 1. The fraction of sp³-hybridized carbons (Fsp3) is 0.192. The molecule has 2 aromatic heterocycles. The number of benzene rings is 2. The summed E-state index contributed by atoms with van der Waals surface area (Å²) in [7, 11) is 0. The largest absolute Gasteiger partial charge is 0.464 e. The van der Waals surface area contributed by atoms with Crippen molar-refractivity contribution in [1.29, 1.82) is 0 Å². The van der Waals surface area contributed by atoms with E-state index >= 15 is 0 Å². The minimum Gasteiger partial charge on any atom is -0.464 e. The first-order valence-electron chi connectivity index (χ1n) is 11.2. The Morgan fingerprint density at radius 1 is 1.12 bits per heavy atom. The number of carbonyl (C=O) groups excluding carboxylic acids is 3. The normalized spacial score (nSPS) is 19.5. The van der Waals surface area contributed by atoms with E-state index in [-0.39, 0.29) is 24.1 Å². The van der Waals surface area contributed by atoms with E-state index in [9.17, 15) is 14.4 Å². The van der Waals surface area contributed by atoms with Crippen LogP contribution < -0.4 is 10.6 Å². The minimum absolute atomic E-state index is 0.182. The molecular formula is C26H22N4O4. The SMILES string of the molecule is O=C(Cc1c[nH]c2ccccc12)NC1CCN2C(=O)c3cc(-c4ccco4)ccc3NC(=O)C12. The molecule has 2 aliphatic heterocycles. The van der Waals surface area contributed by atoms with Crippen LogP contribution in [0.5, 0.6) is 0 Å². The van der Waals surface area contributed by atoms with Gasteiger partial charge in [0.15, 0.2) is 0 Å². The number of carbonyl (C=O) groups is 3. The standard InChI is InChI=1S/C26H22N4O4/c31-23(13-16-14-27-19-5-2-1-4-17(16)19)28-21-9-10-30-24(21)25(32)29-20-8-7-15(12-18(20)26(30)33)22-6-3-11-34-22/h1-8,11-12,14,21,24,27H,9-10,13H2,(H,28,31)(H,29,32). The van der Waals surface area contributed by atoms with Crippen molar-refractivity contribution >= 4 is 34.3 Å². The number of nitrogens with one attached hydrogen (secondary N) is 3. The van der Waals surface area contributed by atoms with E-state index < -0.39 is 12.1 Å². The van der Waals surface area contributed by atoms with Gasteiger partial charge in [0.25, 0.3) is 5.91 Å². The van der Waals surface area contributed by atoms with E-state index in [0.29, 0.717) is 30.0 Å². The molecule has 1 saturated heterocycles. The van der Waals surface area contributed by atoms with Crippen molar-refractivity contribution in [2.45, 2.75) is 24.9 Å². The zero-order valence-corrected chi connectivity index (χ0v) is 18.2. The maximum atomic E-state index is 13.4. The third-order valence-corrected chi connectivity index (χ3v) is 6.61. The summed E-state index contributed by atoms with van der Waals surface area (Å²) in [5.41, 5.74) is 3.49. The van der Waals surface area contributed by atoms with Crippen LogP contribution in [0.1, 0.15) is 22.3 Å². The smallest absolute Gasteiger partial charge is 0.256 e. The first kappa shape index (κ1) is 20.3. The molecule has 1 fully saturated rings. The van der Waals surface area contributed by atoms with Gasteiger partial charge in [0, 0.05) is 29.2 Å². The molecule has 2 atom stereocenters. The predicted octanol–water partition coefficient (Wildman–Crippen LogP) is 3.32. The van der Waals surface area contributed by atoms with Crippen LogP contribution in [0.4, 0.5) is 5.69 Å². The Morgan fingerprint density at radius 3 is 2.85 bits per heavy atom. The van der Waals surface area contributed by atoms with E-state index in [1.54, 1.807) is 29.4 Å². The van der Waals surface area contributed by atoms with Gasteiger partial charge >= 0.3 is 0 Å². The number of rotatable bonds is 4. The van der Waals surface area contributed by atoms with Gasteiger partial charge in [-0.15, -0.1) is 0 Å². The summed E-state index contributed by atoms with van der Waals surface area (Å²) in [6, 6.07) is 15.4.